The predicted molar refractivity (Wildman–Crippen MR) is 51.1 cm³/mol. The highest BCUT2D eigenvalue weighted by Crippen LogP contribution is 2.35. The Balaban J connectivity index is 3.13. The summed E-state index contributed by atoms with van der Waals surface area (Å²) in [5.41, 5.74) is -0.156. The summed E-state index contributed by atoms with van der Waals surface area (Å²) in [6, 6.07) is 0. The molecule has 1 aliphatic carbocycles. The van der Waals surface area contributed by atoms with Crippen LogP contribution in [0.2, 0.25) is 0 Å². The van der Waals surface area contributed by atoms with Crippen molar-refractivity contribution in [2.75, 3.05) is 0 Å². The molecule has 0 unspecified atom stereocenters. The minimum atomic E-state index is -4.37. The topological polar surface area (TPSA) is 0 Å². The minimum Gasteiger partial charge on any atom is -0.166 e. The zero-order valence-corrected chi connectivity index (χ0v) is 8.41. The van der Waals surface area contributed by atoms with Gasteiger partial charge in [0.05, 0.1) is 5.57 Å². The second kappa shape index (κ2) is 4.22. The Morgan fingerprint density at radius 1 is 1.21 bits per heavy atom. The molecule has 0 spiro atoms. The molecule has 0 radical (unpaired) electrons. The molecule has 1 rings (SSSR count). The van der Waals surface area contributed by atoms with E-state index < -0.39 is 11.7 Å². The van der Waals surface area contributed by atoms with Gasteiger partial charge in [0, 0.05) is 5.03 Å². The van der Waals surface area contributed by atoms with Crippen molar-refractivity contribution in [2.24, 2.45) is 0 Å². The molecule has 0 nitrogen and oxygen atoms in total. The number of halogens is 4. The van der Waals surface area contributed by atoms with E-state index in [1.165, 1.54) is 6.08 Å². The van der Waals surface area contributed by atoms with Crippen molar-refractivity contribution in [3.8, 4) is 0 Å². The van der Waals surface area contributed by atoms with Gasteiger partial charge >= 0.3 is 6.18 Å². The van der Waals surface area contributed by atoms with Crippen LogP contribution in [0.5, 0.6) is 0 Å². The first-order valence-electron chi connectivity index (χ1n) is 4.23. The SMILES string of the molecule is CC1=CCCC=C(Cl)C(C(F)(F)F)=C1. The lowest BCUT2D eigenvalue weighted by molar-refractivity contribution is -0.0887. The van der Waals surface area contributed by atoms with Gasteiger partial charge in [-0.3, -0.25) is 0 Å². The fraction of sp³-hybridized carbons (Fsp3) is 0.400. The van der Waals surface area contributed by atoms with Crippen LogP contribution in [0.25, 0.3) is 0 Å². The predicted octanol–water partition coefficient (Wildman–Crippen LogP) is 4.34. The van der Waals surface area contributed by atoms with E-state index in [1.807, 2.05) is 0 Å². The Bertz CT molecular complexity index is 308. The molecule has 1 aliphatic rings. The van der Waals surface area contributed by atoms with Gasteiger partial charge in [0.1, 0.15) is 0 Å². The lowest BCUT2D eigenvalue weighted by Crippen LogP contribution is -2.12. The number of hydrogen-bond acceptors (Lipinski definition) is 0. The van der Waals surface area contributed by atoms with E-state index in [0.29, 0.717) is 12.0 Å². The number of rotatable bonds is 0. The Morgan fingerprint density at radius 2 is 1.79 bits per heavy atom. The van der Waals surface area contributed by atoms with E-state index >= 15 is 0 Å². The van der Waals surface area contributed by atoms with Crippen LogP contribution in [-0.4, -0.2) is 6.18 Å². The summed E-state index contributed by atoms with van der Waals surface area (Å²) in [4.78, 5) is 0. The van der Waals surface area contributed by atoms with Crippen LogP contribution in [0, 0.1) is 0 Å². The van der Waals surface area contributed by atoms with Gasteiger partial charge in [-0.15, -0.1) is 0 Å². The summed E-state index contributed by atoms with van der Waals surface area (Å²) >= 11 is 5.56. The summed E-state index contributed by atoms with van der Waals surface area (Å²) in [5.74, 6) is 0. The van der Waals surface area contributed by atoms with Gasteiger partial charge in [0.2, 0.25) is 0 Å². The summed E-state index contributed by atoms with van der Waals surface area (Å²) < 4.78 is 37.4. The standard InChI is InChI=1S/C10H10ClF3/c1-7-4-2-3-5-9(11)8(6-7)10(12,13)14/h4-6H,2-3H2,1H3. The molecule has 0 heterocycles. The summed E-state index contributed by atoms with van der Waals surface area (Å²) in [7, 11) is 0. The average Bonchev–Trinajstić information content (AvgIpc) is 2.03. The van der Waals surface area contributed by atoms with Crippen LogP contribution in [-0.2, 0) is 0 Å². The molecule has 0 saturated carbocycles. The highest BCUT2D eigenvalue weighted by Gasteiger charge is 2.35. The third-order valence-corrected chi connectivity index (χ3v) is 2.25. The highest BCUT2D eigenvalue weighted by molar-refractivity contribution is 6.32. The van der Waals surface area contributed by atoms with E-state index in [-0.39, 0.29) is 5.03 Å². The molecule has 0 amide bonds. The zero-order valence-electron chi connectivity index (χ0n) is 7.66. The lowest BCUT2D eigenvalue weighted by Gasteiger charge is -2.12. The Labute approximate surface area is 85.7 Å². The van der Waals surface area contributed by atoms with Crippen molar-refractivity contribution in [2.45, 2.75) is 25.9 Å². The van der Waals surface area contributed by atoms with Crippen LogP contribution in [0.3, 0.4) is 0 Å². The maximum absolute atomic E-state index is 12.5. The van der Waals surface area contributed by atoms with Crippen LogP contribution in [0.1, 0.15) is 19.8 Å². The molecule has 14 heavy (non-hydrogen) atoms. The summed E-state index contributed by atoms with van der Waals surface area (Å²) in [5, 5.41) is -0.204. The first kappa shape index (κ1) is 11.4. The van der Waals surface area contributed by atoms with Gasteiger partial charge in [0.25, 0.3) is 0 Å². The van der Waals surface area contributed by atoms with Gasteiger partial charge in [-0.2, -0.15) is 13.2 Å². The van der Waals surface area contributed by atoms with E-state index in [9.17, 15) is 13.2 Å². The maximum atomic E-state index is 12.5. The molecule has 4 heteroatoms. The molecule has 0 bridgehead atoms. The Kier molecular flexibility index (Phi) is 3.43. The number of alkyl halides is 3. The van der Waals surface area contributed by atoms with Crippen molar-refractivity contribution >= 4 is 11.6 Å². The molecular weight excluding hydrogens is 213 g/mol. The smallest absolute Gasteiger partial charge is 0.166 e. The van der Waals surface area contributed by atoms with E-state index in [2.05, 4.69) is 0 Å². The van der Waals surface area contributed by atoms with Gasteiger partial charge < -0.3 is 0 Å². The van der Waals surface area contributed by atoms with E-state index in [4.69, 9.17) is 11.6 Å². The third kappa shape index (κ3) is 2.91. The van der Waals surface area contributed by atoms with Crippen molar-refractivity contribution in [1.82, 2.24) is 0 Å². The highest BCUT2D eigenvalue weighted by atomic mass is 35.5. The third-order valence-electron chi connectivity index (χ3n) is 1.89. The van der Waals surface area contributed by atoms with Gasteiger partial charge in [0.15, 0.2) is 0 Å². The van der Waals surface area contributed by atoms with Crippen molar-refractivity contribution in [3.63, 3.8) is 0 Å². The van der Waals surface area contributed by atoms with Gasteiger partial charge in [-0.1, -0.05) is 29.3 Å². The molecule has 0 aliphatic heterocycles. The minimum absolute atomic E-state index is 0.204. The molecule has 78 valence electrons. The summed E-state index contributed by atoms with van der Waals surface area (Å²) in [6.07, 6.45) is 1.15. The number of allylic oxidation sites excluding steroid dienone is 6. The second-order valence-electron chi connectivity index (χ2n) is 3.13. The summed E-state index contributed by atoms with van der Waals surface area (Å²) in [6.45, 7) is 1.64. The first-order valence-corrected chi connectivity index (χ1v) is 4.61. The molecular formula is C10H10ClF3. The second-order valence-corrected chi connectivity index (χ2v) is 3.54. The molecule has 0 fully saturated rings. The van der Waals surface area contributed by atoms with Crippen LogP contribution in [0.4, 0.5) is 13.2 Å². The van der Waals surface area contributed by atoms with Crippen molar-refractivity contribution in [3.05, 3.63) is 34.4 Å². The average molecular weight is 223 g/mol. The molecule has 0 aromatic heterocycles. The fourth-order valence-corrected chi connectivity index (χ4v) is 1.47. The van der Waals surface area contributed by atoms with E-state index in [0.717, 1.165) is 12.5 Å². The largest absolute Gasteiger partial charge is 0.417 e. The van der Waals surface area contributed by atoms with Gasteiger partial charge in [-0.25, -0.2) is 0 Å². The zero-order chi connectivity index (χ0) is 10.8. The first-order chi connectivity index (χ1) is 6.41. The van der Waals surface area contributed by atoms with Crippen LogP contribution < -0.4 is 0 Å². The molecule has 0 atom stereocenters. The maximum Gasteiger partial charge on any atom is 0.417 e. The molecule has 0 aromatic rings. The van der Waals surface area contributed by atoms with Crippen molar-refractivity contribution < 1.29 is 13.2 Å². The molecule has 0 aromatic carbocycles. The van der Waals surface area contributed by atoms with Gasteiger partial charge in [-0.05, 0) is 25.8 Å². The lowest BCUT2D eigenvalue weighted by atomic mass is 10.1. The van der Waals surface area contributed by atoms with Crippen molar-refractivity contribution in [1.29, 1.82) is 0 Å². The van der Waals surface area contributed by atoms with E-state index in [1.54, 1.807) is 13.0 Å². The quantitative estimate of drug-likeness (QED) is 0.572. The van der Waals surface area contributed by atoms with Crippen LogP contribution in [0.15, 0.2) is 34.4 Å². The Morgan fingerprint density at radius 3 is 2.36 bits per heavy atom. The molecule has 0 N–H and O–H groups in total. The molecule has 0 saturated heterocycles. The van der Waals surface area contributed by atoms with Crippen LogP contribution >= 0.6 is 11.6 Å². The normalized spacial score (nSPS) is 19.1. The monoisotopic (exact) mass is 222 g/mol. The number of hydrogen-bond donors (Lipinski definition) is 0. The fourth-order valence-electron chi connectivity index (χ4n) is 1.20. The Hall–Kier alpha value is -0.700.